The molecule has 0 fully saturated rings. The van der Waals surface area contributed by atoms with Crippen molar-refractivity contribution in [3.63, 3.8) is 0 Å². The molecule has 1 aliphatic rings. The Morgan fingerprint density at radius 3 is 1.62 bits per heavy atom. The Balaban J connectivity index is 1.87. The van der Waals surface area contributed by atoms with Crippen LogP contribution in [0.5, 0.6) is 0 Å². The predicted octanol–water partition coefficient (Wildman–Crippen LogP) is 6.92. The lowest BCUT2D eigenvalue weighted by molar-refractivity contribution is 0.134. The molecule has 1 rings (SSSR count). The zero-order valence-corrected chi connectivity index (χ0v) is 17.1. The molecule has 0 aromatic carbocycles. The summed E-state index contributed by atoms with van der Waals surface area (Å²) in [5.74, 6) is 0. The smallest absolute Gasteiger partial charge is 0.101 e. The number of unbranched alkanes of at least 4 members (excludes halogenated alkanes) is 12. The lowest BCUT2D eigenvalue weighted by atomic mass is 10.0. The van der Waals surface area contributed by atoms with Gasteiger partial charge >= 0.3 is 0 Å². The van der Waals surface area contributed by atoms with Gasteiger partial charge in [-0.05, 0) is 26.7 Å². The number of nitrogens with zero attached hydrogens (tertiary/aromatic N) is 2. The lowest BCUT2D eigenvalue weighted by Gasteiger charge is -2.33. The largest absolute Gasteiger partial charge is 0.359 e. The SMILES string of the molecule is CCCCCCCCCCCCCCCC1N(C)C=CN1C(C)C. The van der Waals surface area contributed by atoms with E-state index in [2.05, 4.69) is 50.0 Å². The fourth-order valence-electron chi connectivity index (χ4n) is 3.80. The molecule has 24 heavy (non-hydrogen) atoms. The van der Waals surface area contributed by atoms with Gasteiger partial charge < -0.3 is 9.80 Å². The molecular weight excluding hydrogens is 292 g/mol. The highest BCUT2D eigenvalue weighted by atomic mass is 15.4. The van der Waals surface area contributed by atoms with Crippen LogP contribution in [0.1, 0.15) is 111 Å². The molecule has 1 heterocycles. The van der Waals surface area contributed by atoms with Crippen LogP contribution in [0.3, 0.4) is 0 Å². The Labute approximate surface area is 152 Å². The number of hydrogen-bond acceptors (Lipinski definition) is 2. The number of hydrogen-bond donors (Lipinski definition) is 0. The van der Waals surface area contributed by atoms with Gasteiger partial charge in [-0.15, -0.1) is 0 Å². The molecule has 0 bridgehead atoms. The maximum absolute atomic E-state index is 2.50. The molecule has 0 saturated heterocycles. The minimum atomic E-state index is 0.595. The van der Waals surface area contributed by atoms with Gasteiger partial charge in [0.2, 0.25) is 0 Å². The van der Waals surface area contributed by atoms with Crippen molar-refractivity contribution in [2.45, 2.75) is 123 Å². The molecule has 2 nitrogen and oxygen atoms in total. The van der Waals surface area contributed by atoms with Crippen molar-refractivity contribution >= 4 is 0 Å². The van der Waals surface area contributed by atoms with Gasteiger partial charge in [-0.3, -0.25) is 0 Å². The van der Waals surface area contributed by atoms with Crippen LogP contribution in [-0.4, -0.2) is 29.1 Å². The van der Waals surface area contributed by atoms with Crippen LogP contribution in [-0.2, 0) is 0 Å². The van der Waals surface area contributed by atoms with Crippen molar-refractivity contribution in [1.82, 2.24) is 9.80 Å². The second-order valence-corrected chi connectivity index (χ2v) is 8.02. The van der Waals surface area contributed by atoms with E-state index in [9.17, 15) is 0 Å². The highest BCUT2D eigenvalue weighted by Crippen LogP contribution is 2.22. The molecule has 1 aliphatic heterocycles. The van der Waals surface area contributed by atoms with Gasteiger partial charge in [0.15, 0.2) is 0 Å². The monoisotopic (exact) mass is 336 g/mol. The van der Waals surface area contributed by atoms with Crippen LogP contribution >= 0.6 is 0 Å². The first kappa shape index (κ1) is 21.4. The van der Waals surface area contributed by atoms with Crippen LogP contribution in [0.4, 0.5) is 0 Å². The van der Waals surface area contributed by atoms with Gasteiger partial charge in [-0.1, -0.05) is 84.0 Å². The van der Waals surface area contributed by atoms with Crippen molar-refractivity contribution in [3.05, 3.63) is 12.4 Å². The van der Waals surface area contributed by atoms with E-state index >= 15 is 0 Å². The predicted molar refractivity (Wildman–Crippen MR) is 108 cm³/mol. The molecule has 1 unspecified atom stereocenters. The van der Waals surface area contributed by atoms with E-state index in [-0.39, 0.29) is 0 Å². The topological polar surface area (TPSA) is 6.48 Å². The third-order valence-corrected chi connectivity index (χ3v) is 5.45. The second-order valence-electron chi connectivity index (χ2n) is 8.02. The Morgan fingerprint density at radius 1 is 0.708 bits per heavy atom. The van der Waals surface area contributed by atoms with Crippen molar-refractivity contribution in [2.24, 2.45) is 0 Å². The summed E-state index contributed by atoms with van der Waals surface area (Å²) < 4.78 is 0. The lowest BCUT2D eigenvalue weighted by Crippen LogP contribution is -2.40. The van der Waals surface area contributed by atoms with Gasteiger partial charge in [-0.25, -0.2) is 0 Å². The third-order valence-electron chi connectivity index (χ3n) is 5.45. The van der Waals surface area contributed by atoms with Crippen LogP contribution in [0, 0.1) is 0 Å². The Hall–Kier alpha value is -0.660. The maximum Gasteiger partial charge on any atom is 0.101 e. The van der Waals surface area contributed by atoms with Gasteiger partial charge in [-0.2, -0.15) is 0 Å². The van der Waals surface area contributed by atoms with Gasteiger partial charge in [0.05, 0.1) is 0 Å². The van der Waals surface area contributed by atoms with Crippen LogP contribution in [0.15, 0.2) is 12.4 Å². The highest BCUT2D eigenvalue weighted by Gasteiger charge is 2.24. The third kappa shape index (κ3) is 8.99. The van der Waals surface area contributed by atoms with E-state index in [4.69, 9.17) is 0 Å². The van der Waals surface area contributed by atoms with Gasteiger partial charge in [0.25, 0.3) is 0 Å². The van der Waals surface area contributed by atoms with E-state index in [0.717, 1.165) is 0 Å². The van der Waals surface area contributed by atoms with E-state index in [1.165, 1.54) is 89.9 Å². The molecule has 0 saturated carbocycles. The molecule has 0 aliphatic carbocycles. The summed E-state index contributed by atoms with van der Waals surface area (Å²) in [4.78, 5) is 4.88. The molecule has 0 spiro atoms. The Kier molecular flexibility index (Phi) is 12.1. The normalized spacial score (nSPS) is 17.5. The number of rotatable bonds is 15. The molecular formula is C22H44N2. The summed E-state index contributed by atoms with van der Waals surface area (Å²) >= 11 is 0. The molecule has 1 atom stereocenters. The van der Waals surface area contributed by atoms with Crippen molar-refractivity contribution in [1.29, 1.82) is 0 Å². The molecule has 142 valence electrons. The van der Waals surface area contributed by atoms with E-state index in [0.29, 0.717) is 12.2 Å². The first-order valence-corrected chi connectivity index (χ1v) is 10.8. The Bertz CT molecular complexity index is 311. The summed E-state index contributed by atoms with van der Waals surface area (Å²) in [6.45, 7) is 6.88. The summed E-state index contributed by atoms with van der Waals surface area (Å²) in [5, 5.41) is 0. The minimum Gasteiger partial charge on any atom is -0.359 e. The van der Waals surface area contributed by atoms with Crippen LogP contribution in [0.25, 0.3) is 0 Å². The van der Waals surface area contributed by atoms with E-state index in [1.807, 2.05) is 0 Å². The molecule has 0 N–H and O–H groups in total. The molecule has 0 amide bonds. The van der Waals surface area contributed by atoms with Gasteiger partial charge in [0, 0.05) is 25.5 Å². The first-order valence-electron chi connectivity index (χ1n) is 10.8. The maximum atomic E-state index is 2.50. The van der Waals surface area contributed by atoms with Crippen molar-refractivity contribution in [3.8, 4) is 0 Å². The molecule has 0 aromatic rings. The average Bonchev–Trinajstić information content (AvgIpc) is 2.93. The van der Waals surface area contributed by atoms with Crippen LogP contribution in [0.2, 0.25) is 0 Å². The minimum absolute atomic E-state index is 0.595. The standard InChI is InChI=1S/C22H44N2/c1-5-6-7-8-9-10-11-12-13-14-15-16-17-18-22-23(4)19-20-24(22)21(2)3/h19-22H,5-18H2,1-4H3. The fourth-order valence-corrected chi connectivity index (χ4v) is 3.80. The summed E-state index contributed by atoms with van der Waals surface area (Å²) in [6.07, 6.45) is 25.1. The Morgan fingerprint density at radius 2 is 1.17 bits per heavy atom. The summed E-state index contributed by atoms with van der Waals surface area (Å²) in [6, 6.07) is 0.609. The molecule has 0 aromatic heterocycles. The zero-order chi connectivity index (χ0) is 17.6. The average molecular weight is 337 g/mol. The van der Waals surface area contributed by atoms with Crippen molar-refractivity contribution in [2.75, 3.05) is 7.05 Å². The van der Waals surface area contributed by atoms with E-state index < -0.39 is 0 Å². The van der Waals surface area contributed by atoms with E-state index in [1.54, 1.807) is 0 Å². The van der Waals surface area contributed by atoms with Crippen molar-refractivity contribution < 1.29 is 0 Å². The second kappa shape index (κ2) is 13.6. The fraction of sp³-hybridized carbons (Fsp3) is 0.909. The summed E-state index contributed by atoms with van der Waals surface area (Å²) in [7, 11) is 2.21. The first-order chi connectivity index (χ1) is 11.7. The molecule has 2 heteroatoms. The van der Waals surface area contributed by atoms with Gasteiger partial charge in [0.1, 0.15) is 6.17 Å². The molecule has 0 radical (unpaired) electrons. The quantitative estimate of drug-likeness (QED) is 0.299. The zero-order valence-electron chi connectivity index (χ0n) is 17.1. The van der Waals surface area contributed by atoms with Crippen LogP contribution < -0.4 is 0 Å². The summed E-state index contributed by atoms with van der Waals surface area (Å²) in [5.41, 5.74) is 0. The highest BCUT2D eigenvalue weighted by molar-refractivity contribution is 4.96.